The van der Waals surface area contributed by atoms with E-state index in [9.17, 15) is 4.79 Å². The van der Waals surface area contributed by atoms with Gasteiger partial charge in [0.2, 0.25) is 5.91 Å². The van der Waals surface area contributed by atoms with E-state index in [4.69, 9.17) is 0 Å². The predicted octanol–water partition coefficient (Wildman–Crippen LogP) is 2.07. The smallest absolute Gasteiger partial charge is 0.244 e. The molecule has 26 heavy (non-hydrogen) atoms. The Morgan fingerprint density at radius 2 is 1.96 bits per heavy atom. The second kappa shape index (κ2) is 13.6. The molecule has 0 unspecified atom stereocenters. The van der Waals surface area contributed by atoms with E-state index in [1.165, 1.54) is 0 Å². The molecule has 1 amide bonds. The van der Waals surface area contributed by atoms with E-state index in [1.807, 2.05) is 30.0 Å². The Kier molecular flexibility index (Phi) is 11.7. The molecule has 0 atom stereocenters. The van der Waals surface area contributed by atoms with Crippen LogP contribution in [0.4, 0.5) is 5.82 Å². The van der Waals surface area contributed by atoms with Crippen molar-refractivity contribution in [1.29, 1.82) is 0 Å². The number of nitrogens with one attached hydrogen (secondary N) is 3. The Morgan fingerprint density at radius 1 is 1.19 bits per heavy atom. The van der Waals surface area contributed by atoms with Crippen LogP contribution in [-0.2, 0) is 4.79 Å². The third kappa shape index (κ3) is 8.68. The molecule has 0 saturated carbocycles. The first-order valence-electron chi connectivity index (χ1n) is 9.24. The van der Waals surface area contributed by atoms with E-state index in [0.717, 1.165) is 64.2 Å². The molecule has 0 aromatic carbocycles. The minimum atomic E-state index is 0. The number of halogens is 1. The van der Waals surface area contributed by atoms with Crippen LogP contribution < -0.4 is 16.0 Å². The van der Waals surface area contributed by atoms with Gasteiger partial charge in [-0.15, -0.1) is 24.0 Å². The minimum Gasteiger partial charge on any atom is -0.370 e. The molecule has 0 bridgehead atoms. The summed E-state index contributed by atoms with van der Waals surface area (Å²) in [5, 5.41) is 9.77. The van der Waals surface area contributed by atoms with Crippen LogP contribution >= 0.6 is 24.0 Å². The first-order valence-corrected chi connectivity index (χ1v) is 9.24. The molecular weight excluding hydrogens is 443 g/mol. The number of amides is 1. The average Bonchev–Trinajstić information content (AvgIpc) is 3.18. The number of hydrogen-bond acceptors (Lipinski definition) is 4. The number of carbonyl (C=O) groups is 1. The fourth-order valence-corrected chi connectivity index (χ4v) is 2.70. The SMILES string of the molecule is CCNC(=NCC(=O)N1CCCC1)NCCCCNc1ccccn1.I. The number of unbranched alkanes of at least 4 members (excludes halogenated alkanes) is 1. The lowest BCUT2D eigenvalue weighted by Crippen LogP contribution is -2.39. The van der Waals surface area contributed by atoms with Crippen LogP contribution in [0.25, 0.3) is 0 Å². The summed E-state index contributed by atoms with van der Waals surface area (Å²) in [7, 11) is 0. The molecule has 2 heterocycles. The molecule has 1 aliphatic heterocycles. The average molecular weight is 474 g/mol. The summed E-state index contributed by atoms with van der Waals surface area (Å²) in [4.78, 5) is 22.6. The van der Waals surface area contributed by atoms with Gasteiger partial charge >= 0.3 is 0 Å². The second-order valence-electron chi connectivity index (χ2n) is 6.06. The highest BCUT2D eigenvalue weighted by Crippen LogP contribution is 2.07. The molecule has 7 nitrogen and oxygen atoms in total. The summed E-state index contributed by atoms with van der Waals surface area (Å²) < 4.78 is 0. The summed E-state index contributed by atoms with van der Waals surface area (Å²) in [5.41, 5.74) is 0. The predicted molar refractivity (Wildman–Crippen MR) is 117 cm³/mol. The topological polar surface area (TPSA) is 81.7 Å². The van der Waals surface area contributed by atoms with Gasteiger partial charge in [0.1, 0.15) is 12.4 Å². The van der Waals surface area contributed by atoms with E-state index in [1.54, 1.807) is 6.20 Å². The van der Waals surface area contributed by atoms with Gasteiger partial charge < -0.3 is 20.9 Å². The van der Waals surface area contributed by atoms with Crippen molar-refractivity contribution in [3.63, 3.8) is 0 Å². The highest BCUT2D eigenvalue weighted by atomic mass is 127. The number of nitrogens with zero attached hydrogens (tertiary/aromatic N) is 3. The number of anilines is 1. The zero-order valence-electron chi connectivity index (χ0n) is 15.5. The molecule has 2 rings (SSSR count). The van der Waals surface area contributed by atoms with Gasteiger partial charge in [0.15, 0.2) is 5.96 Å². The van der Waals surface area contributed by atoms with Crippen LogP contribution in [0.5, 0.6) is 0 Å². The Hall–Kier alpha value is -1.58. The maximum atomic E-state index is 12.1. The molecule has 8 heteroatoms. The van der Waals surface area contributed by atoms with Crippen LogP contribution in [0.15, 0.2) is 29.4 Å². The molecular formula is C18H31IN6O. The first kappa shape index (κ1) is 22.5. The third-order valence-corrected chi connectivity index (χ3v) is 4.04. The van der Waals surface area contributed by atoms with Gasteiger partial charge in [0, 0.05) is 38.9 Å². The van der Waals surface area contributed by atoms with Gasteiger partial charge in [-0.1, -0.05) is 6.07 Å². The lowest BCUT2D eigenvalue weighted by molar-refractivity contribution is -0.128. The molecule has 0 aliphatic carbocycles. The van der Waals surface area contributed by atoms with Crippen LogP contribution in [0.3, 0.4) is 0 Å². The van der Waals surface area contributed by atoms with Crippen LogP contribution in [-0.4, -0.2) is 61.0 Å². The van der Waals surface area contributed by atoms with E-state index >= 15 is 0 Å². The van der Waals surface area contributed by atoms with Gasteiger partial charge in [-0.2, -0.15) is 0 Å². The van der Waals surface area contributed by atoms with Gasteiger partial charge in [-0.3, -0.25) is 4.79 Å². The first-order chi connectivity index (χ1) is 12.3. The van der Waals surface area contributed by atoms with E-state index in [2.05, 4.69) is 25.9 Å². The summed E-state index contributed by atoms with van der Waals surface area (Å²) in [5.74, 6) is 1.74. The number of aromatic nitrogens is 1. The summed E-state index contributed by atoms with van der Waals surface area (Å²) in [6.07, 6.45) is 6.06. The normalized spacial score (nSPS) is 13.9. The minimum absolute atomic E-state index is 0. The van der Waals surface area contributed by atoms with Crippen molar-refractivity contribution >= 4 is 41.7 Å². The number of hydrogen-bond donors (Lipinski definition) is 3. The van der Waals surface area contributed by atoms with Crippen molar-refractivity contribution in [2.75, 3.05) is 44.6 Å². The Balaban J connectivity index is 0.00000338. The fraction of sp³-hybridized carbons (Fsp3) is 0.611. The highest BCUT2D eigenvalue weighted by molar-refractivity contribution is 14.0. The van der Waals surface area contributed by atoms with Gasteiger partial charge in [-0.25, -0.2) is 9.98 Å². The standard InChI is InChI=1S/C18H30N6O.HI/c1-2-19-18(23-15-17(25)24-13-7-8-14-24)22-12-6-5-11-21-16-9-3-4-10-20-16;/h3-4,9-10H,2,5-8,11-15H2,1H3,(H,20,21)(H2,19,22,23);1H. The van der Waals surface area contributed by atoms with E-state index < -0.39 is 0 Å². The molecule has 1 fully saturated rings. The lowest BCUT2D eigenvalue weighted by Gasteiger charge is -2.15. The molecule has 0 radical (unpaired) electrons. The number of likely N-dealkylation sites (tertiary alicyclic amines) is 1. The summed E-state index contributed by atoms with van der Waals surface area (Å²) in [6, 6.07) is 5.84. The van der Waals surface area contributed by atoms with Gasteiger partial charge in [0.25, 0.3) is 0 Å². The van der Waals surface area contributed by atoms with Crippen molar-refractivity contribution in [1.82, 2.24) is 20.5 Å². The number of carbonyl (C=O) groups excluding carboxylic acids is 1. The zero-order valence-corrected chi connectivity index (χ0v) is 17.9. The van der Waals surface area contributed by atoms with Crippen molar-refractivity contribution in [3.8, 4) is 0 Å². The van der Waals surface area contributed by atoms with E-state index in [-0.39, 0.29) is 36.4 Å². The van der Waals surface area contributed by atoms with Crippen molar-refractivity contribution in [2.24, 2.45) is 4.99 Å². The lowest BCUT2D eigenvalue weighted by atomic mass is 10.3. The summed E-state index contributed by atoms with van der Waals surface area (Å²) in [6.45, 7) is 6.49. The number of rotatable bonds is 9. The van der Waals surface area contributed by atoms with Crippen LogP contribution in [0.1, 0.15) is 32.6 Å². The quantitative estimate of drug-likeness (QED) is 0.221. The number of pyridine rings is 1. The van der Waals surface area contributed by atoms with Crippen molar-refractivity contribution < 1.29 is 4.79 Å². The maximum Gasteiger partial charge on any atom is 0.244 e. The monoisotopic (exact) mass is 474 g/mol. The van der Waals surface area contributed by atoms with Crippen LogP contribution in [0, 0.1) is 0 Å². The van der Waals surface area contributed by atoms with Gasteiger partial charge in [0.05, 0.1) is 0 Å². The third-order valence-electron chi connectivity index (χ3n) is 4.04. The molecule has 146 valence electrons. The number of aliphatic imine (C=N–C) groups is 1. The highest BCUT2D eigenvalue weighted by Gasteiger charge is 2.17. The molecule has 1 aliphatic rings. The molecule has 0 spiro atoms. The Bertz CT molecular complexity index is 534. The fourth-order valence-electron chi connectivity index (χ4n) is 2.70. The van der Waals surface area contributed by atoms with Crippen molar-refractivity contribution in [2.45, 2.75) is 32.6 Å². The van der Waals surface area contributed by atoms with Crippen molar-refractivity contribution in [3.05, 3.63) is 24.4 Å². The molecule has 1 aromatic heterocycles. The Labute approximate surface area is 173 Å². The van der Waals surface area contributed by atoms with Crippen LogP contribution in [0.2, 0.25) is 0 Å². The largest absolute Gasteiger partial charge is 0.370 e. The zero-order chi connectivity index (χ0) is 17.7. The molecule has 1 saturated heterocycles. The maximum absolute atomic E-state index is 12.1. The molecule has 3 N–H and O–H groups in total. The van der Waals surface area contributed by atoms with E-state index in [0.29, 0.717) is 5.96 Å². The Morgan fingerprint density at radius 3 is 2.65 bits per heavy atom. The van der Waals surface area contributed by atoms with Gasteiger partial charge in [-0.05, 0) is 44.7 Å². The molecule has 1 aromatic rings. The second-order valence-corrected chi connectivity index (χ2v) is 6.06. The summed E-state index contributed by atoms with van der Waals surface area (Å²) >= 11 is 0. The number of guanidine groups is 1.